The summed E-state index contributed by atoms with van der Waals surface area (Å²) in [6.07, 6.45) is 0. The lowest BCUT2D eigenvalue weighted by atomic mass is 10.1. The molecule has 0 aliphatic carbocycles. The predicted octanol–water partition coefficient (Wildman–Crippen LogP) is 1.55. The van der Waals surface area contributed by atoms with E-state index in [-0.39, 0.29) is 11.3 Å². The second-order valence-corrected chi connectivity index (χ2v) is 2.87. The Morgan fingerprint density at radius 1 is 1.54 bits per heavy atom. The van der Waals surface area contributed by atoms with Gasteiger partial charge in [-0.2, -0.15) is 8.78 Å². The molecule has 4 heteroatoms. The number of alkyl halides is 2. The number of rotatable bonds is 0. The second-order valence-electron chi connectivity index (χ2n) is 2.87. The Bertz CT molecular complexity index is 376. The first kappa shape index (κ1) is 8.16. The molecule has 0 unspecified atom stereocenters. The van der Waals surface area contributed by atoms with Crippen molar-refractivity contribution in [1.29, 1.82) is 0 Å². The van der Waals surface area contributed by atoms with Crippen LogP contribution in [0, 0.1) is 6.07 Å². The van der Waals surface area contributed by atoms with Gasteiger partial charge >= 0.3 is 11.8 Å². The highest BCUT2D eigenvalue weighted by atomic mass is 19.3. The van der Waals surface area contributed by atoms with Gasteiger partial charge in [0, 0.05) is 7.05 Å². The Morgan fingerprint density at radius 2 is 2.23 bits per heavy atom. The summed E-state index contributed by atoms with van der Waals surface area (Å²) in [5, 5.41) is 0. The number of fused-ring (bicyclic) bond motifs is 1. The van der Waals surface area contributed by atoms with Gasteiger partial charge in [-0.15, -0.1) is 0 Å². The van der Waals surface area contributed by atoms with Crippen molar-refractivity contribution in [2.75, 3.05) is 11.9 Å². The van der Waals surface area contributed by atoms with Gasteiger partial charge in [-0.3, -0.25) is 4.79 Å². The fourth-order valence-electron chi connectivity index (χ4n) is 1.39. The molecule has 1 aliphatic heterocycles. The number of carbonyl (C=O) groups is 1. The van der Waals surface area contributed by atoms with E-state index in [4.69, 9.17) is 0 Å². The van der Waals surface area contributed by atoms with Crippen molar-refractivity contribution in [2.24, 2.45) is 0 Å². The van der Waals surface area contributed by atoms with Gasteiger partial charge in [0.05, 0.1) is 11.3 Å². The van der Waals surface area contributed by atoms with Crippen LogP contribution in [0.3, 0.4) is 0 Å². The summed E-state index contributed by atoms with van der Waals surface area (Å²) in [6, 6.07) is 6.81. The zero-order valence-corrected chi connectivity index (χ0v) is 6.84. The number of hydrogen-bond acceptors (Lipinski definition) is 1. The third kappa shape index (κ3) is 0.883. The largest absolute Gasteiger partial charge is 0.352 e. The molecule has 0 saturated carbocycles. The molecule has 1 aromatic carbocycles. The molecule has 2 nitrogen and oxygen atoms in total. The summed E-state index contributed by atoms with van der Waals surface area (Å²) < 4.78 is 26.3. The van der Waals surface area contributed by atoms with Gasteiger partial charge < -0.3 is 4.90 Å². The lowest BCUT2D eigenvalue weighted by molar-refractivity contribution is -0.141. The summed E-state index contributed by atoms with van der Waals surface area (Å²) in [4.78, 5) is 12.0. The summed E-state index contributed by atoms with van der Waals surface area (Å²) in [6.45, 7) is 0. The maximum absolute atomic E-state index is 13.2. The van der Waals surface area contributed by atoms with Crippen molar-refractivity contribution in [3.8, 4) is 0 Å². The first-order valence-corrected chi connectivity index (χ1v) is 3.72. The fourth-order valence-corrected chi connectivity index (χ4v) is 1.39. The monoisotopic (exact) mass is 182 g/mol. The lowest BCUT2D eigenvalue weighted by Crippen LogP contribution is -2.31. The summed E-state index contributed by atoms with van der Waals surface area (Å²) in [7, 11) is 1.33. The number of carbonyl (C=O) groups excluding carboxylic acids is 1. The smallest absolute Gasteiger partial charge is 0.309 e. The van der Waals surface area contributed by atoms with E-state index in [1.54, 1.807) is 6.07 Å². The number of halogens is 2. The van der Waals surface area contributed by atoms with E-state index >= 15 is 0 Å². The molecule has 0 N–H and O–H groups in total. The van der Waals surface area contributed by atoms with Gasteiger partial charge in [-0.05, 0) is 12.1 Å². The summed E-state index contributed by atoms with van der Waals surface area (Å²) in [5.74, 6) is -4.60. The third-order valence-corrected chi connectivity index (χ3v) is 2.08. The predicted molar refractivity (Wildman–Crippen MR) is 42.6 cm³/mol. The molecule has 0 aromatic heterocycles. The summed E-state index contributed by atoms with van der Waals surface area (Å²) >= 11 is 0. The number of benzene rings is 1. The van der Waals surface area contributed by atoms with Crippen LogP contribution in [-0.4, -0.2) is 13.0 Å². The SMILES string of the molecule is CN1C(=O)C(F)(F)c2[c]cccc21. The van der Waals surface area contributed by atoms with Crippen molar-refractivity contribution in [3.63, 3.8) is 0 Å². The molecule has 1 heterocycles. The minimum absolute atomic E-state index is 0.234. The van der Waals surface area contributed by atoms with Gasteiger partial charge in [-0.1, -0.05) is 12.1 Å². The van der Waals surface area contributed by atoms with Crippen LogP contribution in [-0.2, 0) is 10.7 Å². The van der Waals surface area contributed by atoms with E-state index in [9.17, 15) is 13.6 Å². The van der Waals surface area contributed by atoms with Gasteiger partial charge in [-0.25, -0.2) is 0 Å². The maximum Gasteiger partial charge on any atom is 0.352 e. The van der Waals surface area contributed by atoms with Crippen molar-refractivity contribution in [1.82, 2.24) is 0 Å². The quantitative estimate of drug-likeness (QED) is 0.596. The summed E-state index contributed by atoms with van der Waals surface area (Å²) in [5.41, 5.74) is -0.0972. The zero-order valence-electron chi connectivity index (χ0n) is 6.84. The molecular formula is C9H6F2NO. The zero-order chi connectivity index (χ0) is 9.64. The standard InChI is InChI=1S/C9H6F2NO/c1-12-7-5-3-2-4-6(7)9(10,11)8(12)13/h2-3,5H,1H3. The molecule has 2 rings (SSSR count). The highest BCUT2D eigenvalue weighted by Gasteiger charge is 2.51. The van der Waals surface area contributed by atoms with Crippen LogP contribution in [0.2, 0.25) is 0 Å². The molecule has 0 bridgehead atoms. The van der Waals surface area contributed by atoms with Gasteiger partial charge in [0.15, 0.2) is 0 Å². The second kappa shape index (κ2) is 2.28. The van der Waals surface area contributed by atoms with Crippen LogP contribution >= 0.6 is 0 Å². The highest BCUT2D eigenvalue weighted by Crippen LogP contribution is 2.42. The van der Waals surface area contributed by atoms with Crippen molar-refractivity contribution < 1.29 is 13.6 Å². The van der Waals surface area contributed by atoms with E-state index in [0.29, 0.717) is 0 Å². The molecule has 1 radical (unpaired) electrons. The molecular weight excluding hydrogens is 176 g/mol. The fraction of sp³-hybridized carbons (Fsp3) is 0.222. The topological polar surface area (TPSA) is 20.3 Å². The molecule has 1 aliphatic rings. The van der Waals surface area contributed by atoms with Crippen molar-refractivity contribution in [2.45, 2.75) is 5.92 Å². The Balaban J connectivity index is 2.68. The maximum atomic E-state index is 13.2. The lowest BCUT2D eigenvalue weighted by Gasteiger charge is -2.08. The molecule has 0 spiro atoms. The van der Waals surface area contributed by atoms with Crippen LogP contribution < -0.4 is 4.90 Å². The van der Waals surface area contributed by atoms with Crippen LogP contribution in [0.5, 0.6) is 0 Å². The van der Waals surface area contributed by atoms with Crippen LogP contribution in [0.4, 0.5) is 14.5 Å². The first-order chi connectivity index (χ1) is 6.05. The Morgan fingerprint density at radius 3 is 2.85 bits per heavy atom. The van der Waals surface area contributed by atoms with E-state index in [0.717, 1.165) is 4.90 Å². The molecule has 1 amide bonds. The van der Waals surface area contributed by atoms with Gasteiger partial charge in [0.2, 0.25) is 0 Å². The Hall–Kier alpha value is -1.45. The van der Waals surface area contributed by atoms with E-state index in [1.165, 1.54) is 19.2 Å². The number of anilines is 1. The average molecular weight is 182 g/mol. The number of amides is 1. The molecule has 13 heavy (non-hydrogen) atoms. The van der Waals surface area contributed by atoms with Gasteiger partial charge in [0.25, 0.3) is 0 Å². The van der Waals surface area contributed by atoms with Gasteiger partial charge in [0.1, 0.15) is 0 Å². The minimum Gasteiger partial charge on any atom is -0.309 e. The number of likely N-dealkylation sites (N-methyl/N-ethyl adjacent to an activating group) is 1. The normalized spacial score (nSPS) is 19.0. The van der Waals surface area contributed by atoms with Crippen LogP contribution in [0.15, 0.2) is 18.2 Å². The Labute approximate surface area is 73.8 Å². The van der Waals surface area contributed by atoms with E-state index in [1.807, 2.05) is 0 Å². The molecule has 0 fully saturated rings. The van der Waals surface area contributed by atoms with Crippen molar-refractivity contribution >= 4 is 11.6 Å². The van der Waals surface area contributed by atoms with Crippen LogP contribution in [0.1, 0.15) is 5.56 Å². The van der Waals surface area contributed by atoms with E-state index < -0.39 is 11.8 Å². The van der Waals surface area contributed by atoms with Crippen LogP contribution in [0.25, 0.3) is 0 Å². The number of hydrogen-bond donors (Lipinski definition) is 0. The Kier molecular flexibility index (Phi) is 1.43. The molecule has 67 valence electrons. The van der Waals surface area contributed by atoms with E-state index in [2.05, 4.69) is 6.07 Å². The van der Waals surface area contributed by atoms with Crippen molar-refractivity contribution in [3.05, 3.63) is 29.8 Å². The first-order valence-electron chi connectivity index (χ1n) is 3.72. The third-order valence-electron chi connectivity index (χ3n) is 2.08. The minimum atomic E-state index is -3.41. The molecule has 0 saturated heterocycles. The number of nitrogens with zero attached hydrogens (tertiary/aromatic N) is 1. The molecule has 0 atom stereocenters. The average Bonchev–Trinajstić information content (AvgIpc) is 2.30. The highest BCUT2D eigenvalue weighted by molar-refractivity contribution is 6.05. The molecule has 1 aromatic rings.